The van der Waals surface area contributed by atoms with Crippen molar-refractivity contribution in [1.29, 1.82) is 0 Å². The molecule has 2 aliphatic rings. The maximum atomic E-state index is 13.1. The summed E-state index contributed by atoms with van der Waals surface area (Å²) >= 11 is 2.89. The predicted molar refractivity (Wildman–Crippen MR) is 115 cm³/mol. The smallest absolute Gasteiger partial charge is 0.200 e. The lowest BCUT2D eigenvalue weighted by molar-refractivity contribution is -0.114. The van der Waals surface area contributed by atoms with Gasteiger partial charge < -0.3 is 4.90 Å². The summed E-state index contributed by atoms with van der Waals surface area (Å²) in [6, 6.07) is 17.5. The van der Waals surface area contributed by atoms with Crippen LogP contribution in [0.5, 0.6) is 0 Å². The maximum absolute atomic E-state index is 13.1. The van der Waals surface area contributed by atoms with E-state index in [4.69, 9.17) is 0 Å². The number of rotatable bonds is 3. The van der Waals surface area contributed by atoms with Crippen LogP contribution in [-0.2, 0) is 4.79 Å². The Kier molecular flexibility index (Phi) is 5.32. The Hall–Kier alpha value is -2.50. The maximum Gasteiger partial charge on any atom is 0.200 e. The van der Waals surface area contributed by atoms with E-state index >= 15 is 0 Å². The molecule has 2 aromatic rings. The normalized spacial score (nSPS) is 17.0. The second-order valence-electron chi connectivity index (χ2n) is 6.13. The van der Waals surface area contributed by atoms with Crippen molar-refractivity contribution < 1.29 is 9.59 Å². The van der Waals surface area contributed by atoms with Crippen molar-refractivity contribution in [3.05, 3.63) is 92.4 Å². The van der Waals surface area contributed by atoms with Crippen LogP contribution in [0.25, 0.3) is 6.08 Å². The average molecular weight is 392 g/mol. The van der Waals surface area contributed by atoms with Gasteiger partial charge in [-0.2, -0.15) is 0 Å². The number of ketones is 2. The van der Waals surface area contributed by atoms with Crippen LogP contribution < -0.4 is 4.90 Å². The SMILES string of the molecule is O=C1CN(CC=Cc2ccccc2)c2ccccc2C(=O)C1=C1SC=CS1. The van der Waals surface area contributed by atoms with Crippen molar-refractivity contribution in [3.8, 4) is 0 Å². The first-order valence-electron chi connectivity index (χ1n) is 8.60. The van der Waals surface area contributed by atoms with Crippen molar-refractivity contribution in [2.45, 2.75) is 0 Å². The van der Waals surface area contributed by atoms with E-state index < -0.39 is 0 Å². The highest BCUT2D eigenvalue weighted by molar-refractivity contribution is 8.27. The van der Waals surface area contributed by atoms with Crippen LogP contribution in [0.4, 0.5) is 5.69 Å². The van der Waals surface area contributed by atoms with Crippen LogP contribution in [0.3, 0.4) is 0 Å². The van der Waals surface area contributed by atoms with Gasteiger partial charge in [-0.25, -0.2) is 0 Å². The summed E-state index contributed by atoms with van der Waals surface area (Å²) in [5.41, 5.74) is 2.82. The first-order valence-corrected chi connectivity index (χ1v) is 10.4. The van der Waals surface area contributed by atoms with Crippen molar-refractivity contribution >= 4 is 46.9 Å². The quantitative estimate of drug-likeness (QED) is 0.535. The van der Waals surface area contributed by atoms with E-state index in [2.05, 4.69) is 0 Å². The first-order chi connectivity index (χ1) is 13.2. The number of fused-ring (bicyclic) bond motifs is 1. The fourth-order valence-corrected chi connectivity index (χ4v) is 5.01. The van der Waals surface area contributed by atoms with E-state index in [-0.39, 0.29) is 18.1 Å². The van der Waals surface area contributed by atoms with Crippen LogP contribution in [-0.4, -0.2) is 24.7 Å². The summed E-state index contributed by atoms with van der Waals surface area (Å²) in [5, 5.41) is 3.81. The van der Waals surface area contributed by atoms with E-state index in [1.807, 2.05) is 82.5 Å². The third kappa shape index (κ3) is 3.80. The number of Topliss-reactive ketones (excluding diaryl/α,β-unsaturated/α-hetero) is 2. The molecular formula is C22H17NO2S2. The minimum Gasteiger partial charge on any atom is -0.359 e. The van der Waals surface area contributed by atoms with Crippen molar-refractivity contribution in [3.63, 3.8) is 0 Å². The molecule has 3 nitrogen and oxygen atoms in total. The molecule has 2 aliphatic heterocycles. The highest BCUT2D eigenvalue weighted by Crippen LogP contribution is 2.42. The Labute approximate surface area is 166 Å². The van der Waals surface area contributed by atoms with Gasteiger partial charge in [0.2, 0.25) is 0 Å². The van der Waals surface area contributed by atoms with Gasteiger partial charge in [0.1, 0.15) is 0 Å². The van der Waals surface area contributed by atoms with E-state index in [1.54, 1.807) is 0 Å². The summed E-state index contributed by atoms with van der Waals surface area (Å²) < 4.78 is 0.779. The van der Waals surface area contributed by atoms with E-state index in [9.17, 15) is 9.59 Å². The number of carbonyl (C=O) groups is 2. The number of hydrogen-bond donors (Lipinski definition) is 0. The lowest BCUT2D eigenvalue weighted by atomic mass is 10.0. The molecule has 2 aromatic carbocycles. The lowest BCUT2D eigenvalue weighted by Crippen LogP contribution is -2.29. The molecular weight excluding hydrogens is 374 g/mol. The number of carbonyl (C=O) groups excluding carboxylic acids is 2. The molecule has 0 spiro atoms. The number of thioether (sulfide) groups is 2. The molecule has 0 radical (unpaired) electrons. The van der Waals surface area contributed by atoms with Crippen LogP contribution in [0.15, 0.2) is 81.3 Å². The van der Waals surface area contributed by atoms with Crippen LogP contribution in [0.2, 0.25) is 0 Å². The van der Waals surface area contributed by atoms with Gasteiger partial charge in [-0.15, -0.1) is 0 Å². The average Bonchev–Trinajstić information content (AvgIpc) is 3.19. The molecule has 0 atom stereocenters. The van der Waals surface area contributed by atoms with Gasteiger partial charge in [0, 0.05) is 17.8 Å². The number of anilines is 1. The molecule has 134 valence electrons. The monoisotopic (exact) mass is 391 g/mol. The van der Waals surface area contributed by atoms with Crippen molar-refractivity contribution in [2.24, 2.45) is 0 Å². The molecule has 0 N–H and O–H groups in total. The topological polar surface area (TPSA) is 37.4 Å². The summed E-state index contributed by atoms with van der Waals surface area (Å²) in [6.45, 7) is 0.758. The van der Waals surface area contributed by atoms with E-state index in [0.717, 1.165) is 15.5 Å². The zero-order chi connectivity index (χ0) is 18.6. The molecule has 4 rings (SSSR count). The molecule has 0 saturated carbocycles. The number of benzene rings is 2. The predicted octanol–water partition coefficient (Wildman–Crippen LogP) is 5.13. The molecule has 0 aliphatic carbocycles. The molecule has 0 unspecified atom stereocenters. The minimum absolute atomic E-state index is 0.122. The van der Waals surface area contributed by atoms with E-state index in [1.165, 1.54) is 23.5 Å². The number of para-hydroxylation sites is 1. The minimum atomic E-state index is -0.177. The van der Waals surface area contributed by atoms with Crippen molar-refractivity contribution in [2.75, 3.05) is 18.0 Å². The summed E-state index contributed by atoms with van der Waals surface area (Å²) in [6.07, 6.45) is 4.06. The Morgan fingerprint density at radius 2 is 1.63 bits per heavy atom. The molecule has 27 heavy (non-hydrogen) atoms. The molecule has 0 fully saturated rings. The fourth-order valence-electron chi connectivity index (χ4n) is 3.11. The zero-order valence-corrected chi connectivity index (χ0v) is 16.1. The first kappa shape index (κ1) is 17.9. The lowest BCUT2D eigenvalue weighted by Gasteiger charge is -2.21. The highest BCUT2D eigenvalue weighted by Gasteiger charge is 2.32. The van der Waals surface area contributed by atoms with Gasteiger partial charge in [-0.05, 0) is 28.5 Å². The Morgan fingerprint density at radius 1 is 0.926 bits per heavy atom. The number of nitrogens with zero attached hydrogens (tertiary/aromatic N) is 1. The highest BCUT2D eigenvalue weighted by atomic mass is 32.2. The molecule has 0 bridgehead atoms. The van der Waals surface area contributed by atoms with Gasteiger partial charge in [-0.1, -0.05) is 78.1 Å². The Bertz CT molecular complexity index is 967. The largest absolute Gasteiger partial charge is 0.359 e. The van der Waals surface area contributed by atoms with Crippen LogP contribution in [0, 0.1) is 0 Å². The molecule has 0 amide bonds. The molecule has 2 heterocycles. The number of hydrogen-bond acceptors (Lipinski definition) is 5. The molecule has 0 aromatic heterocycles. The summed E-state index contributed by atoms with van der Waals surface area (Å²) in [4.78, 5) is 28.0. The van der Waals surface area contributed by atoms with Crippen LogP contribution in [0.1, 0.15) is 15.9 Å². The van der Waals surface area contributed by atoms with E-state index in [0.29, 0.717) is 17.7 Å². The Balaban J connectivity index is 1.66. The van der Waals surface area contributed by atoms with Gasteiger partial charge >= 0.3 is 0 Å². The molecule has 0 saturated heterocycles. The second-order valence-corrected chi connectivity index (χ2v) is 8.22. The third-order valence-electron chi connectivity index (χ3n) is 4.38. The van der Waals surface area contributed by atoms with Crippen LogP contribution >= 0.6 is 23.5 Å². The van der Waals surface area contributed by atoms with Gasteiger partial charge in [0.05, 0.1) is 16.4 Å². The second kappa shape index (κ2) is 8.03. The summed E-state index contributed by atoms with van der Waals surface area (Å²) in [7, 11) is 0. The Morgan fingerprint density at radius 3 is 2.41 bits per heavy atom. The van der Waals surface area contributed by atoms with Gasteiger partial charge in [0.15, 0.2) is 11.6 Å². The van der Waals surface area contributed by atoms with Crippen molar-refractivity contribution in [1.82, 2.24) is 0 Å². The summed E-state index contributed by atoms with van der Waals surface area (Å²) in [5.74, 6) is -0.299. The van der Waals surface area contributed by atoms with Gasteiger partial charge in [-0.3, -0.25) is 9.59 Å². The third-order valence-corrected chi connectivity index (χ3v) is 6.51. The molecule has 5 heteroatoms. The standard InChI is InChI=1S/C22H17NO2S2/c24-19-15-23(12-6-9-16-7-2-1-3-8-16)18-11-5-4-10-17(18)21(25)20(19)22-26-13-14-27-22/h1-11,13-14H,12,15H2. The van der Waals surface area contributed by atoms with Gasteiger partial charge in [0.25, 0.3) is 0 Å². The zero-order valence-electron chi connectivity index (χ0n) is 14.5. The fraction of sp³-hybridized carbons (Fsp3) is 0.0909.